The van der Waals surface area contributed by atoms with Gasteiger partial charge in [-0.25, -0.2) is 14.6 Å². The van der Waals surface area contributed by atoms with Crippen molar-refractivity contribution in [2.45, 2.75) is 6.54 Å². The molecule has 0 aliphatic rings. The highest BCUT2D eigenvalue weighted by Crippen LogP contribution is 2.31. The lowest BCUT2D eigenvalue weighted by atomic mass is 10.0. The summed E-state index contributed by atoms with van der Waals surface area (Å²) in [6, 6.07) is 36.4. The van der Waals surface area contributed by atoms with Crippen molar-refractivity contribution in [2.75, 3.05) is 5.32 Å². The molecule has 0 bridgehead atoms. The SMILES string of the molecule is c1ccc(-c2nc3ccc(NCc4cn(-c5ccccc5)nn4)cc3nc2-c2ccccc2)cc1. The monoisotopic (exact) mass is 454 g/mol. The Hall–Kier alpha value is -4.84. The molecule has 0 spiro atoms. The second-order valence-electron chi connectivity index (χ2n) is 8.20. The summed E-state index contributed by atoms with van der Waals surface area (Å²) in [7, 11) is 0. The number of hydrogen-bond donors (Lipinski definition) is 1. The predicted octanol–water partition coefficient (Wildman–Crippen LogP) is 6.16. The maximum atomic E-state index is 5.05. The second kappa shape index (κ2) is 9.19. The first-order chi connectivity index (χ1) is 17.3. The minimum absolute atomic E-state index is 0.555. The highest BCUT2D eigenvalue weighted by molar-refractivity contribution is 5.87. The first-order valence-electron chi connectivity index (χ1n) is 11.5. The molecule has 0 unspecified atom stereocenters. The van der Waals surface area contributed by atoms with Crippen molar-refractivity contribution in [2.24, 2.45) is 0 Å². The van der Waals surface area contributed by atoms with Gasteiger partial charge in [0.25, 0.3) is 0 Å². The number of nitrogens with zero attached hydrogens (tertiary/aromatic N) is 5. The molecule has 0 fully saturated rings. The van der Waals surface area contributed by atoms with Crippen LogP contribution in [0, 0.1) is 0 Å². The highest BCUT2D eigenvalue weighted by Gasteiger charge is 2.13. The Kier molecular flexibility index (Phi) is 5.45. The predicted molar refractivity (Wildman–Crippen MR) is 139 cm³/mol. The Morgan fingerprint density at radius 1 is 0.629 bits per heavy atom. The summed E-state index contributed by atoms with van der Waals surface area (Å²) in [5.74, 6) is 0. The molecular formula is C29H22N6. The van der Waals surface area contributed by atoms with Crippen LogP contribution >= 0.6 is 0 Å². The van der Waals surface area contributed by atoms with Crippen molar-refractivity contribution in [3.8, 4) is 28.2 Å². The number of hydrogen-bond acceptors (Lipinski definition) is 5. The van der Waals surface area contributed by atoms with Gasteiger partial charge in [-0.3, -0.25) is 0 Å². The van der Waals surface area contributed by atoms with E-state index in [-0.39, 0.29) is 0 Å². The fraction of sp³-hybridized carbons (Fsp3) is 0.0345. The van der Waals surface area contributed by atoms with E-state index >= 15 is 0 Å². The molecule has 0 saturated heterocycles. The van der Waals surface area contributed by atoms with Crippen LogP contribution < -0.4 is 5.32 Å². The van der Waals surface area contributed by atoms with Crippen molar-refractivity contribution in [3.63, 3.8) is 0 Å². The number of aromatic nitrogens is 5. The normalized spacial score (nSPS) is 11.0. The molecule has 0 radical (unpaired) electrons. The molecule has 0 atom stereocenters. The number of para-hydroxylation sites is 1. The zero-order valence-corrected chi connectivity index (χ0v) is 18.9. The van der Waals surface area contributed by atoms with Gasteiger partial charge in [-0.05, 0) is 30.3 Å². The van der Waals surface area contributed by atoms with E-state index in [9.17, 15) is 0 Å². The number of fused-ring (bicyclic) bond motifs is 1. The fourth-order valence-electron chi connectivity index (χ4n) is 4.04. The zero-order chi connectivity index (χ0) is 23.5. The molecule has 0 amide bonds. The molecule has 6 rings (SSSR count). The third-order valence-corrected chi connectivity index (χ3v) is 5.79. The number of anilines is 1. The lowest BCUT2D eigenvalue weighted by Crippen LogP contribution is -2.01. The van der Waals surface area contributed by atoms with Gasteiger partial charge < -0.3 is 5.32 Å². The third-order valence-electron chi connectivity index (χ3n) is 5.79. The minimum atomic E-state index is 0.555. The van der Waals surface area contributed by atoms with E-state index in [4.69, 9.17) is 9.97 Å². The number of rotatable bonds is 6. The second-order valence-corrected chi connectivity index (χ2v) is 8.20. The first kappa shape index (κ1) is 20.7. The third kappa shape index (κ3) is 4.37. The van der Waals surface area contributed by atoms with Gasteiger partial charge in [-0.2, -0.15) is 0 Å². The quantitative estimate of drug-likeness (QED) is 0.327. The molecule has 6 aromatic rings. The first-order valence-corrected chi connectivity index (χ1v) is 11.5. The molecule has 2 aromatic heterocycles. The molecule has 2 heterocycles. The standard InChI is InChI=1S/C29H22N6/c1-4-10-21(11-5-1)28-29(22-12-6-2-7-13-22)32-27-18-23(16-17-26(27)31-28)30-19-24-20-35(34-33-24)25-14-8-3-9-15-25/h1-18,20,30H,19H2. The summed E-state index contributed by atoms with van der Waals surface area (Å²) < 4.78 is 1.78. The Morgan fingerprint density at radius 3 is 1.89 bits per heavy atom. The van der Waals surface area contributed by atoms with Crippen molar-refractivity contribution in [1.82, 2.24) is 25.0 Å². The Balaban J connectivity index is 1.31. The molecular weight excluding hydrogens is 432 g/mol. The van der Waals surface area contributed by atoms with Gasteiger partial charge in [0.2, 0.25) is 0 Å². The van der Waals surface area contributed by atoms with Crippen LogP contribution in [0.3, 0.4) is 0 Å². The van der Waals surface area contributed by atoms with Crippen LogP contribution in [0.1, 0.15) is 5.69 Å². The number of benzene rings is 4. The summed E-state index contributed by atoms with van der Waals surface area (Å²) in [6.45, 7) is 0.555. The molecule has 6 nitrogen and oxygen atoms in total. The van der Waals surface area contributed by atoms with E-state index in [0.717, 1.165) is 50.6 Å². The number of nitrogens with one attached hydrogen (secondary N) is 1. The molecule has 4 aromatic carbocycles. The molecule has 0 saturated carbocycles. The summed E-state index contributed by atoms with van der Waals surface area (Å²) >= 11 is 0. The smallest absolute Gasteiger partial charge is 0.102 e. The Morgan fingerprint density at radius 2 is 1.23 bits per heavy atom. The van der Waals surface area contributed by atoms with E-state index in [0.29, 0.717) is 6.54 Å². The van der Waals surface area contributed by atoms with Gasteiger partial charge >= 0.3 is 0 Å². The molecule has 6 heteroatoms. The van der Waals surface area contributed by atoms with Crippen LogP contribution in [0.4, 0.5) is 5.69 Å². The maximum Gasteiger partial charge on any atom is 0.102 e. The molecule has 0 aliphatic carbocycles. The van der Waals surface area contributed by atoms with Crippen molar-refractivity contribution in [3.05, 3.63) is 121 Å². The summed E-state index contributed by atoms with van der Waals surface area (Å²) in [5.41, 5.74) is 8.30. The van der Waals surface area contributed by atoms with Gasteiger partial charge in [0.05, 0.1) is 40.9 Å². The average Bonchev–Trinajstić information content (AvgIpc) is 3.42. The van der Waals surface area contributed by atoms with E-state index in [1.54, 1.807) is 4.68 Å². The average molecular weight is 455 g/mol. The van der Waals surface area contributed by atoms with Crippen molar-refractivity contribution < 1.29 is 0 Å². The van der Waals surface area contributed by atoms with E-state index in [2.05, 4.69) is 39.9 Å². The lowest BCUT2D eigenvalue weighted by molar-refractivity contribution is 0.798. The van der Waals surface area contributed by atoms with E-state index in [1.807, 2.05) is 91.1 Å². The summed E-state index contributed by atoms with van der Waals surface area (Å²) in [6.07, 6.45) is 1.93. The molecule has 35 heavy (non-hydrogen) atoms. The maximum absolute atomic E-state index is 5.05. The van der Waals surface area contributed by atoms with E-state index < -0.39 is 0 Å². The minimum Gasteiger partial charge on any atom is -0.379 e. The van der Waals surface area contributed by atoms with Gasteiger partial charge in [0.1, 0.15) is 5.69 Å². The van der Waals surface area contributed by atoms with E-state index in [1.165, 1.54) is 0 Å². The van der Waals surface area contributed by atoms with Crippen molar-refractivity contribution >= 4 is 16.7 Å². The summed E-state index contributed by atoms with van der Waals surface area (Å²) in [4.78, 5) is 10.0. The Bertz CT molecular complexity index is 1580. The van der Waals surface area contributed by atoms with Crippen LogP contribution in [-0.2, 0) is 6.54 Å². The molecule has 0 aliphatic heterocycles. The lowest BCUT2D eigenvalue weighted by Gasteiger charge is -2.12. The fourth-order valence-corrected chi connectivity index (χ4v) is 4.04. The van der Waals surface area contributed by atoms with Gasteiger partial charge in [-0.1, -0.05) is 84.1 Å². The molecule has 168 valence electrons. The summed E-state index contributed by atoms with van der Waals surface area (Å²) in [5, 5.41) is 12.0. The van der Waals surface area contributed by atoms with Crippen LogP contribution in [0.2, 0.25) is 0 Å². The molecule has 1 N–H and O–H groups in total. The van der Waals surface area contributed by atoms with Crippen molar-refractivity contribution in [1.29, 1.82) is 0 Å². The van der Waals surface area contributed by atoms with Crippen LogP contribution in [0.5, 0.6) is 0 Å². The topological polar surface area (TPSA) is 68.5 Å². The van der Waals surface area contributed by atoms with Gasteiger partial charge in [-0.15, -0.1) is 5.10 Å². The van der Waals surface area contributed by atoms with Crippen LogP contribution in [0.25, 0.3) is 39.2 Å². The van der Waals surface area contributed by atoms with Crippen LogP contribution in [-0.4, -0.2) is 25.0 Å². The van der Waals surface area contributed by atoms with Gasteiger partial charge in [0, 0.05) is 16.8 Å². The Labute approximate surface area is 202 Å². The van der Waals surface area contributed by atoms with Gasteiger partial charge in [0.15, 0.2) is 0 Å². The highest BCUT2D eigenvalue weighted by atomic mass is 15.4. The van der Waals surface area contributed by atoms with Crippen LogP contribution in [0.15, 0.2) is 115 Å². The zero-order valence-electron chi connectivity index (χ0n) is 18.9. The largest absolute Gasteiger partial charge is 0.379 e.